The van der Waals surface area contributed by atoms with Crippen LogP contribution in [0.5, 0.6) is 0 Å². The molecular formula is C55H51N3. The molecule has 1 heterocycles. The number of aryl methyl sites for hydroxylation is 1. The van der Waals surface area contributed by atoms with Gasteiger partial charge in [0, 0.05) is 28.0 Å². The zero-order valence-electron chi connectivity index (χ0n) is 33.8. The molecule has 3 aliphatic rings. The van der Waals surface area contributed by atoms with Gasteiger partial charge >= 0.3 is 0 Å². The van der Waals surface area contributed by atoms with Crippen LogP contribution in [-0.4, -0.2) is 16.1 Å². The Kier molecular flexibility index (Phi) is 11.4. The highest BCUT2D eigenvalue weighted by atomic mass is 15.0. The first kappa shape index (κ1) is 38.3. The summed E-state index contributed by atoms with van der Waals surface area (Å²) >= 11 is 0. The summed E-state index contributed by atoms with van der Waals surface area (Å²) in [6, 6.07) is 48.3. The van der Waals surface area contributed by atoms with E-state index in [9.17, 15) is 0 Å². The van der Waals surface area contributed by atoms with Crippen molar-refractivity contribution >= 4 is 22.5 Å². The normalized spacial score (nSPS) is 16.7. The monoisotopic (exact) mass is 753 g/mol. The number of fused-ring (bicyclic) bond motifs is 3. The van der Waals surface area contributed by atoms with Crippen LogP contribution in [-0.2, 0) is 19.4 Å². The second kappa shape index (κ2) is 17.3. The third kappa shape index (κ3) is 7.73. The van der Waals surface area contributed by atoms with Gasteiger partial charge in [-0.2, -0.15) is 0 Å². The number of hydrogen-bond donors (Lipinski definition) is 0. The Morgan fingerprint density at radius 1 is 0.828 bits per heavy atom. The van der Waals surface area contributed by atoms with E-state index in [0.29, 0.717) is 12.5 Å². The second-order valence-corrected chi connectivity index (χ2v) is 15.4. The second-order valence-electron chi connectivity index (χ2n) is 15.4. The predicted octanol–water partition coefficient (Wildman–Crippen LogP) is 13.9. The molecule has 0 fully saturated rings. The van der Waals surface area contributed by atoms with Gasteiger partial charge in [-0.25, -0.2) is 4.99 Å². The Morgan fingerprint density at radius 3 is 2.34 bits per heavy atom. The predicted molar refractivity (Wildman–Crippen MR) is 247 cm³/mol. The molecule has 0 amide bonds. The maximum absolute atomic E-state index is 5.31. The lowest BCUT2D eigenvalue weighted by Gasteiger charge is -2.25. The van der Waals surface area contributed by atoms with Gasteiger partial charge in [0.15, 0.2) is 5.84 Å². The maximum atomic E-state index is 5.31. The fourth-order valence-corrected chi connectivity index (χ4v) is 8.96. The molecule has 0 saturated heterocycles. The highest BCUT2D eigenvalue weighted by Crippen LogP contribution is 2.41. The van der Waals surface area contributed by atoms with Crippen LogP contribution >= 0.6 is 0 Å². The summed E-state index contributed by atoms with van der Waals surface area (Å²) < 4.78 is 2.53. The Balaban J connectivity index is 0.00000231. The number of para-hydroxylation sites is 1. The van der Waals surface area contributed by atoms with Crippen molar-refractivity contribution in [3.63, 3.8) is 0 Å². The average molecular weight is 754 g/mol. The molecule has 0 radical (unpaired) electrons. The van der Waals surface area contributed by atoms with Gasteiger partial charge in [-0.05, 0) is 126 Å². The summed E-state index contributed by atoms with van der Waals surface area (Å²) in [6.45, 7) is 15.0. The summed E-state index contributed by atoms with van der Waals surface area (Å²) in [7, 11) is 0. The Labute approximate surface area is 344 Å². The molecule has 1 aromatic heterocycles. The molecule has 1 unspecified atom stereocenters. The molecule has 3 heteroatoms. The summed E-state index contributed by atoms with van der Waals surface area (Å²) in [6.07, 6.45) is 13.9. The van der Waals surface area contributed by atoms with Crippen molar-refractivity contribution < 1.29 is 0 Å². The lowest BCUT2D eigenvalue weighted by Crippen LogP contribution is -2.15. The molecule has 3 aliphatic carbocycles. The fourth-order valence-electron chi connectivity index (χ4n) is 8.96. The molecule has 1 atom stereocenters. The van der Waals surface area contributed by atoms with E-state index in [1.54, 1.807) is 0 Å². The van der Waals surface area contributed by atoms with Gasteiger partial charge in [0.1, 0.15) is 0 Å². The minimum absolute atomic E-state index is 0.511. The number of benzene rings is 5. The summed E-state index contributed by atoms with van der Waals surface area (Å²) in [4.78, 5) is 10.5. The molecule has 0 spiro atoms. The van der Waals surface area contributed by atoms with Crippen LogP contribution < -0.4 is 0 Å². The van der Waals surface area contributed by atoms with Crippen LogP contribution in [0.4, 0.5) is 0 Å². The molecular weight excluding hydrogens is 703 g/mol. The summed E-state index contributed by atoms with van der Waals surface area (Å²) in [5.74, 6) is 1.26. The molecule has 6 aromatic rings. The molecule has 0 aliphatic heterocycles. The number of rotatable bonds is 8. The third-order valence-electron chi connectivity index (χ3n) is 11.8. The van der Waals surface area contributed by atoms with Crippen molar-refractivity contribution in [3.8, 4) is 16.8 Å². The van der Waals surface area contributed by atoms with Crippen LogP contribution in [0.2, 0.25) is 0 Å². The smallest absolute Gasteiger partial charge is 0.155 e. The number of nitrogens with zero attached hydrogens (tertiary/aromatic N) is 3. The number of hydrogen-bond acceptors (Lipinski definition) is 1. The Bertz CT molecular complexity index is 2680. The van der Waals surface area contributed by atoms with Gasteiger partial charge in [0.25, 0.3) is 0 Å². The van der Waals surface area contributed by atoms with Crippen molar-refractivity contribution in [2.75, 3.05) is 0 Å². The molecule has 0 saturated carbocycles. The summed E-state index contributed by atoms with van der Waals surface area (Å²) in [5.41, 5.74) is 18.8. The number of aliphatic imine (C=N–C) groups is 2. The zero-order valence-corrected chi connectivity index (χ0v) is 33.8. The molecule has 5 aromatic carbocycles. The van der Waals surface area contributed by atoms with E-state index in [-0.39, 0.29) is 0 Å². The highest BCUT2D eigenvalue weighted by molar-refractivity contribution is 6.12. The topological polar surface area (TPSA) is 29.6 Å². The number of amidine groups is 1. The van der Waals surface area contributed by atoms with Crippen molar-refractivity contribution in [3.05, 3.63) is 233 Å². The lowest BCUT2D eigenvalue weighted by molar-refractivity contribution is 0.572. The van der Waals surface area contributed by atoms with E-state index in [2.05, 4.69) is 184 Å². The van der Waals surface area contributed by atoms with Crippen LogP contribution in [0.1, 0.15) is 67.0 Å². The minimum Gasteiger partial charge on any atom is -0.313 e. The fraction of sp³-hybridized carbons (Fsp3) is 0.164. The van der Waals surface area contributed by atoms with Crippen LogP contribution in [0.25, 0.3) is 27.7 Å². The molecule has 286 valence electrons. The lowest BCUT2D eigenvalue weighted by atomic mass is 9.82. The van der Waals surface area contributed by atoms with Gasteiger partial charge < -0.3 is 4.57 Å². The Morgan fingerprint density at radius 2 is 1.55 bits per heavy atom. The first-order valence-corrected chi connectivity index (χ1v) is 20.5. The van der Waals surface area contributed by atoms with Crippen LogP contribution in [0, 0.1) is 0 Å². The van der Waals surface area contributed by atoms with Crippen molar-refractivity contribution in [1.82, 2.24) is 4.57 Å². The first-order chi connectivity index (χ1) is 28.5. The Hall–Kier alpha value is -6.58. The standard InChI is InChI=1S/C53H47N3.C2H4/c1-4-47-36(2)30-45-31-40(20-15-26-48(45)47)37(3)55-53(54-35-38-16-7-5-8-17-38)44-23-13-21-41(32-44)42-22-14-24-46(33-42)56-51-27-12-11-25-49(51)50-29-28-43(34-52(50)56)39-18-9-6-10-19-39;1-2/h4-19,21-27,31-33,43H,1,20,28-30,34-35H2,2-3H3;1-2H2. The van der Waals surface area contributed by atoms with Gasteiger partial charge in [0.2, 0.25) is 0 Å². The van der Waals surface area contributed by atoms with Crippen molar-refractivity contribution in [2.24, 2.45) is 9.98 Å². The SMILES string of the molecule is C=C.C=CC1=C(C)CC2=C1C=CCC(C(C)=NC(=NCc1ccccc1)c1cccc(-c3cccc(-n4c5c(c6ccccc64)CCC(c4ccccc4)C5)c3)c1)=C2. The average Bonchev–Trinajstić information content (AvgIpc) is 3.68. The van der Waals surface area contributed by atoms with Gasteiger partial charge in [-0.15, -0.1) is 13.2 Å². The van der Waals surface area contributed by atoms with E-state index >= 15 is 0 Å². The van der Waals surface area contributed by atoms with E-state index in [1.807, 2.05) is 12.1 Å². The maximum Gasteiger partial charge on any atom is 0.155 e. The largest absolute Gasteiger partial charge is 0.313 e. The summed E-state index contributed by atoms with van der Waals surface area (Å²) in [5, 5.41) is 1.38. The van der Waals surface area contributed by atoms with Crippen LogP contribution in [0.3, 0.4) is 0 Å². The molecule has 0 N–H and O–H groups in total. The van der Waals surface area contributed by atoms with E-state index in [1.165, 1.54) is 73.3 Å². The van der Waals surface area contributed by atoms with E-state index in [0.717, 1.165) is 53.9 Å². The highest BCUT2D eigenvalue weighted by Gasteiger charge is 2.27. The molecule has 58 heavy (non-hydrogen) atoms. The number of aromatic nitrogens is 1. The van der Waals surface area contributed by atoms with Gasteiger partial charge in [0.05, 0.1) is 12.1 Å². The van der Waals surface area contributed by atoms with Gasteiger partial charge in [-0.1, -0.05) is 146 Å². The minimum atomic E-state index is 0.511. The first-order valence-electron chi connectivity index (χ1n) is 20.5. The quantitative estimate of drug-likeness (QED) is 0.0842. The van der Waals surface area contributed by atoms with Crippen LogP contribution in [0.15, 0.2) is 215 Å². The van der Waals surface area contributed by atoms with Gasteiger partial charge in [-0.3, -0.25) is 4.99 Å². The van der Waals surface area contributed by atoms with Crippen molar-refractivity contribution in [1.29, 1.82) is 0 Å². The zero-order chi connectivity index (χ0) is 40.0. The number of allylic oxidation sites excluding steroid dienone is 9. The van der Waals surface area contributed by atoms with E-state index in [4.69, 9.17) is 9.98 Å². The van der Waals surface area contributed by atoms with E-state index < -0.39 is 0 Å². The molecule has 9 rings (SSSR count). The third-order valence-corrected chi connectivity index (χ3v) is 11.8. The van der Waals surface area contributed by atoms with Crippen molar-refractivity contribution in [2.45, 2.75) is 58.4 Å². The molecule has 3 nitrogen and oxygen atoms in total. The molecule has 0 bridgehead atoms.